The minimum atomic E-state index is 0.0972. The van der Waals surface area contributed by atoms with E-state index in [4.69, 9.17) is 0 Å². The molecule has 3 nitrogen and oxygen atoms in total. The van der Waals surface area contributed by atoms with Crippen molar-refractivity contribution in [1.29, 1.82) is 0 Å². The summed E-state index contributed by atoms with van der Waals surface area (Å²) in [6.45, 7) is 7.71. The van der Waals surface area contributed by atoms with E-state index >= 15 is 0 Å². The van der Waals surface area contributed by atoms with Gasteiger partial charge in [0.05, 0.1) is 5.69 Å². The highest BCUT2D eigenvalue weighted by molar-refractivity contribution is 5.96. The van der Waals surface area contributed by atoms with E-state index < -0.39 is 0 Å². The summed E-state index contributed by atoms with van der Waals surface area (Å²) in [6.07, 6.45) is 1.28. The molecule has 0 radical (unpaired) electrons. The Labute approximate surface area is 84.4 Å². The van der Waals surface area contributed by atoms with Gasteiger partial charge in [-0.2, -0.15) is 5.10 Å². The molecule has 0 aliphatic heterocycles. The molecule has 0 atom stereocenters. The van der Waals surface area contributed by atoms with Crippen molar-refractivity contribution in [3.63, 3.8) is 0 Å². The van der Waals surface area contributed by atoms with Gasteiger partial charge in [-0.3, -0.25) is 9.48 Å². The summed E-state index contributed by atoms with van der Waals surface area (Å²) in [4.78, 5) is 11.7. The molecule has 0 aliphatic rings. The van der Waals surface area contributed by atoms with Gasteiger partial charge in [-0.25, -0.2) is 0 Å². The SMILES string of the molecule is C=C(CC)CC(=O)c1cc(C)nn1C. The highest BCUT2D eigenvalue weighted by Crippen LogP contribution is 2.11. The van der Waals surface area contributed by atoms with Crippen molar-refractivity contribution in [3.05, 3.63) is 29.6 Å². The van der Waals surface area contributed by atoms with Crippen molar-refractivity contribution < 1.29 is 4.79 Å². The number of nitrogens with zero attached hydrogens (tertiary/aromatic N) is 2. The highest BCUT2D eigenvalue weighted by atomic mass is 16.1. The average Bonchev–Trinajstić information content (AvgIpc) is 2.45. The third kappa shape index (κ3) is 2.31. The van der Waals surface area contributed by atoms with Gasteiger partial charge < -0.3 is 0 Å². The van der Waals surface area contributed by atoms with E-state index in [-0.39, 0.29) is 5.78 Å². The molecule has 76 valence electrons. The number of hydrogen-bond donors (Lipinski definition) is 0. The molecule has 0 aromatic carbocycles. The minimum Gasteiger partial charge on any atom is -0.292 e. The lowest BCUT2D eigenvalue weighted by Gasteiger charge is -2.01. The number of carbonyl (C=O) groups is 1. The van der Waals surface area contributed by atoms with Gasteiger partial charge in [-0.15, -0.1) is 0 Å². The zero-order valence-corrected chi connectivity index (χ0v) is 9.00. The largest absolute Gasteiger partial charge is 0.292 e. The molecular formula is C11H16N2O. The Morgan fingerprint density at radius 3 is 2.71 bits per heavy atom. The lowest BCUT2D eigenvalue weighted by atomic mass is 10.1. The summed E-state index contributed by atoms with van der Waals surface area (Å²) in [5.41, 5.74) is 2.50. The fraction of sp³-hybridized carbons (Fsp3) is 0.455. The van der Waals surface area contributed by atoms with Crippen molar-refractivity contribution >= 4 is 5.78 Å². The number of allylic oxidation sites excluding steroid dienone is 1. The molecule has 0 fully saturated rings. The first-order valence-corrected chi connectivity index (χ1v) is 4.75. The van der Waals surface area contributed by atoms with Crippen molar-refractivity contribution in [2.24, 2.45) is 7.05 Å². The molecule has 1 heterocycles. The van der Waals surface area contributed by atoms with Gasteiger partial charge in [0.2, 0.25) is 0 Å². The van der Waals surface area contributed by atoms with Crippen LogP contribution in [-0.2, 0) is 7.05 Å². The third-order valence-electron chi connectivity index (χ3n) is 2.20. The maximum absolute atomic E-state index is 11.7. The van der Waals surface area contributed by atoms with E-state index in [9.17, 15) is 4.79 Å². The van der Waals surface area contributed by atoms with Crippen LogP contribution in [0.1, 0.15) is 35.9 Å². The van der Waals surface area contributed by atoms with Crippen LogP contribution >= 0.6 is 0 Å². The number of hydrogen-bond acceptors (Lipinski definition) is 2. The van der Waals surface area contributed by atoms with E-state index in [2.05, 4.69) is 11.7 Å². The molecule has 0 spiro atoms. The van der Waals surface area contributed by atoms with Crippen LogP contribution in [0.25, 0.3) is 0 Å². The van der Waals surface area contributed by atoms with Crippen LogP contribution in [0.2, 0.25) is 0 Å². The molecule has 1 aromatic heterocycles. The fourth-order valence-corrected chi connectivity index (χ4v) is 1.31. The Bertz CT molecular complexity index is 363. The maximum atomic E-state index is 11.7. The Morgan fingerprint density at radius 1 is 1.64 bits per heavy atom. The van der Waals surface area contributed by atoms with E-state index in [0.29, 0.717) is 12.1 Å². The molecule has 0 amide bonds. The second-order valence-electron chi connectivity index (χ2n) is 3.50. The molecule has 0 unspecified atom stereocenters. The Hall–Kier alpha value is -1.38. The molecule has 1 aromatic rings. The molecular weight excluding hydrogens is 176 g/mol. The summed E-state index contributed by atoms with van der Waals surface area (Å²) in [5.74, 6) is 0.0972. The average molecular weight is 192 g/mol. The summed E-state index contributed by atoms with van der Waals surface area (Å²) in [5, 5.41) is 4.13. The maximum Gasteiger partial charge on any atom is 0.184 e. The first-order chi connectivity index (χ1) is 6.54. The zero-order valence-electron chi connectivity index (χ0n) is 9.00. The van der Waals surface area contributed by atoms with E-state index in [1.54, 1.807) is 11.7 Å². The number of carbonyl (C=O) groups excluding carboxylic acids is 1. The predicted octanol–water partition coefficient (Wildman–Crippen LogP) is 2.27. The predicted molar refractivity (Wildman–Crippen MR) is 56.3 cm³/mol. The standard InChI is InChI=1S/C11H16N2O/c1-5-8(2)6-11(14)10-7-9(3)12-13(10)4/h7H,2,5-6H2,1,3-4H3. The molecule has 14 heavy (non-hydrogen) atoms. The van der Waals surface area contributed by atoms with Crippen molar-refractivity contribution in [2.75, 3.05) is 0 Å². The summed E-state index contributed by atoms with van der Waals surface area (Å²) >= 11 is 0. The normalized spacial score (nSPS) is 10.2. The second-order valence-corrected chi connectivity index (χ2v) is 3.50. The zero-order chi connectivity index (χ0) is 10.7. The Balaban J connectivity index is 2.79. The van der Waals surface area contributed by atoms with Crippen LogP contribution in [0.3, 0.4) is 0 Å². The number of aryl methyl sites for hydroxylation is 2. The second kappa shape index (κ2) is 4.22. The molecule has 3 heteroatoms. The number of rotatable bonds is 4. The van der Waals surface area contributed by atoms with Crippen molar-refractivity contribution in [1.82, 2.24) is 9.78 Å². The summed E-state index contributed by atoms with van der Waals surface area (Å²) < 4.78 is 1.63. The smallest absolute Gasteiger partial charge is 0.184 e. The minimum absolute atomic E-state index is 0.0972. The molecule has 0 saturated carbocycles. The van der Waals surface area contributed by atoms with Gasteiger partial charge in [0.15, 0.2) is 5.78 Å². The van der Waals surface area contributed by atoms with Crippen LogP contribution in [0.15, 0.2) is 18.2 Å². The lowest BCUT2D eigenvalue weighted by Crippen LogP contribution is -2.07. The van der Waals surface area contributed by atoms with Crippen molar-refractivity contribution in [3.8, 4) is 0 Å². The van der Waals surface area contributed by atoms with Crippen LogP contribution in [0.4, 0.5) is 0 Å². The first-order valence-electron chi connectivity index (χ1n) is 4.75. The Kier molecular flexibility index (Phi) is 3.23. The van der Waals surface area contributed by atoms with Gasteiger partial charge in [-0.1, -0.05) is 19.1 Å². The molecule has 0 aliphatic carbocycles. The van der Waals surface area contributed by atoms with E-state index in [1.165, 1.54) is 0 Å². The monoisotopic (exact) mass is 192 g/mol. The number of aromatic nitrogens is 2. The van der Waals surface area contributed by atoms with Gasteiger partial charge in [0.25, 0.3) is 0 Å². The lowest BCUT2D eigenvalue weighted by molar-refractivity contribution is 0.0983. The molecule has 0 bridgehead atoms. The van der Waals surface area contributed by atoms with Gasteiger partial charge in [-0.05, 0) is 19.4 Å². The van der Waals surface area contributed by atoms with Gasteiger partial charge >= 0.3 is 0 Å². The quantitative estimate of drug-likeness (QED) is 0.542. The van der Waals surface area contributed by atoms with E-state index in [0.717, 1.165) is 17.7 Å². The van der Waals surface area contributed by atoms with Crippen LogP contribution < -0.4 is 0 Å². The summed E-state index contributed by atoms with van der Waals surface area (Å²) in [6, 6.07) is 1.81. The third-order valence-corrected chi connectivity index (χ3v) is 2.20. The first kappa shape index (κ1) is 10.7. The topological polar surface area (TPSA) is 34.9 Å². The molecule has 0 saturated heterocycles. The molecule has 1 rings (SSSR count). The van der Waals surface area contributed by atoms with Gasteiger partial charge in [0, 0.05) is 13.5 Å². The fourth-order valence-electron chi connectivity index (χ4n) is 1.31. The number of Topliss-reactive ketones (excluding diaryl/α,β-unsaturated/α-hetero) is 1. The highest BCUT2D eigenvalue weighted by Gasteiger charge is 2.11. The van der Waals surface area contributed by atoms with Crippen LogP contribution in [0.5, 0.6) is 0 Å². The van der Waals surface area contributed by atoms with Crippen molar-refractivity contribution in [2.45, 2.75) is 26.7 Å². The Morgan fingerprint density at radius 2 is 2.29 bits per heavy atom. The van der Waals surface area contributed by atoms with Crippen LogP contribution in [0, 0.1) is 6.92 Å². The van der Waals surface area contributed by atoms with E-state index in [1.807, 2.05) is 19.9 Å². The molecule has 0 N–H and O–H groups in total. The van der Waals surface area contributed by atoms with Gasteiger partial charge in [0.1, 0.15) is 5.69 Å². The summed E-state index contributed by atoms with van der Waals surface area (Å²) in [7, 11) is 1.79. The van der Waals surface area contributed by atoms with Crippen LogP contribution in [-0.4, -0.2) is 15.6 Å². The number of ketones is 1.